The Kier molecular flexibility index (Phi) is 2.21. The summed E-state index contributed by atoms with van der Waals surface area (Å²) in [7, 11) is 0. The third kappa shape index (κ3) is 1.40. The lowest BCUT2D eigenvalue weighted by Crippen LogP contribution is -2.15. The van der Waals surface area contributed by atoms with E-state index in [9.17, 15) is 0 Å². The molecule has 0 radical (unpaired) electrons. The van der Waals surface area contributed by atoms with Crippen LogP contribution >= 0.6 is 23.2 Å². The van der Waals surface area contributed by atoms with Gasteiger partial charge in [0.2, 0.25) is 0 Å². The van der Waals surface area contributed by atoms with Crippen molar-refractivity contribution >= 4 is 23.2 Å². The third-order valence-corrected chi connectivity index (χ3v) is 2.38. The maximum absolute atomic E-state index is 5.78. The summed E-state index contributed by atoms with van der Waals surface area (Å²) in [5.41, 5.74) is 0. The zero-order valence-corrected chi connectivity index (χ0v) is 5.99. The fourth-order valence-electron chi connectivity index (χ4n) is 0.748. The van der Waals surface area contributed by atoms with Crippen molar-refractivity contribution in [3.63, 3.8) is 0 Å². The summed E-state index contributed by atoms with van der Waals surface area (Å²) in [4.78, 5) is 0. The molecule has 0 saturated carbocycles. The number of alkyl halides is 2. The largest absolute Gasteiger partial charge is 0.121 e. The van der Waals surface area contributed by atoms with E-state index in [4.69, 9.17) is 23.2 Å². The van der Waals surface area contributed by atoms with E-state index in [2.05, 4.69) is 12.2 Å². The Bertz CT molecular complexity index is 86.7. The first-order valence-corrected chi connectivity index (χ1v) is 3.61. The zero-order chi connectivity index (χ0) is 5.98. The van der Waals surface area contributed by atoms with Gasteiger partial charge in [0, 0.05) is 0 Å². The minimum absolute atomic E-state index is 0.154. The second kappa shape index (κ2) is 2.75. The van der Waals surface area contributed by atoms with Gasteiger partial charge >= 0.3 is 0 Å². The van der Waals surface area contributed by atoms with E-state index < -0.39 is 0 Å². The second-order valence-corrected chi connectivity index (χ2v) is 3.10. The van der Waals surface area contributed by atoms with Crippen LogP contribution in [0.2, 0.25) is 0 Å². The number of allylic oxidation sites excluding steroid dienone is 2. The summed E-state index contributed by atoms with van der Waals surface area (Å²) < 4.78 is 0. The zero-order valence-electron chi connectivity index (χ0n) is 4.48. The molecule has 0 fully saturated rings. The molecule has 0 saturated heterocycles. The van der Waals surface area contributed by atoms with E-state index in [1.165, 1.54) is 0 Å². The van der Waals surface area contributed by atoms with E-state index in [0.29, 0.717) is 0 Å². The molecule has 0 N–H and O–H groups in total. The van der Waals surface area contributed by atoms with Gasteiger partial charge in [-0.3, -0.25) is 0 Å². The van der Waals surface area contributed by atoms with E-state index in [0.717, 1.165) is 12.8 Å². The molecule has 0 nitrogen and oxygen atoms in total. The Morgan fingerprint density at radius 2 is 1.38 bits per heavy atom. The van der Waals surface area contributed by atoms with Crippen LogP contribution in [0.3, 0.4) is 0 Å². The highest BCUT2D eigenvalue weighted by Crippen LogP contribution is 2.21. The lowest BCUT2D eigenvalue weighted by atomic mass is 10.1. The van der Waals surface area contributed by atoms with E-state index in [1.54, 1.807) is 0 Å². The van der Waals surface area contributed by atoms with Crippen LogP contribution in [0.25, 0.3) is 0 Å². The van der Waals surface area contributed by atoms with Crippen molar-refractivity contribution in [1.82, 2.24) is 0 Å². The first-order valence-electron chi connectivity index (χ1n) is 2.74. The van der Waals surface area contributed by atoms with E-state index in [1.807, 2.05) is 0 Å². The fourth-order valence-corrected chi connectivity index (χ4v) is 1.16. The fraction of sp³-hybridized carbons (Fsp3) is 0.667. The molecule has 46 valence electrons. The highest BCUT2D eigenvalue weighted by Gasteiger charge is 2.16. The third-order valence-electron chi connectivity index (χ3n) is 1.28. The van der Waals surface area contributed by atoms with Crippen molar-refractivity contribution in [3.05, 3.63) is 12.2 Å². The Balaban J connectivity index is 2.44. The monoisotopic (exact) mass is 150 g/mol. The molecular weight excluding hydrogens is 143 g/mol. The molecule has 8 heavy (non-hydrogen) atoms. The molecule has 0 bridgehead atoms. The summed E-state index contributed by atoms with van der Waals surface area (Å²) in [6.07, 6.45) is 6.01. The minimum Gasteiger partial charge on any atom is -0.121 e. The molecule has 0 aromatic carbocycles. The first-order chi connectivity index (χ1) is 3.80. The van der Waals surface area contributed by atoms with Crippen molar-refractivity contribution in [1.29, 1.82) is 0 Å². The molecule has 0 aromatic heterocycles. The molecule has 0 amide bonds. The van der Waals surface area contributed by atoms with Gasteiger partial charge in [0.25, 0.3) is 0 Å². The van der Waals surface area contributed by atoms with Crippen LogP contribution in [0.15, 0.2) is 12.2 Å². The van der Waals surface area contributed by atoms with Gasteiger partial charge in [-0.15, -0.1) is 23.2 Å². The molecule has 0 spiro atoms. The van der Waals surface area contributed by atoms with Gasteiger partial charge in [-0.25, -0.2) is 0 Å². The van der Waals surface area contributed by atoms with E-state index >= 15 is 0 Å². The van der Waals surface area contributed by atoms with Crippen molar-refractivity contribution in [2.75, 3.05) is 0 Å². The smallest absolute Gasteiger partial charge is 0.0537 e. The van der Waals surface area contributed by atoms with Gasteiger partial charge in [-0.05, 0) is 12.8 Å². The Morgan fingerprint density at radius 3 is 1.62 bits per heavy atom. The Hall–Kier alpha value is 0.320. The van der Waals surface area contributed by atoms with Crippen LogP contribution in [-0.2, 0) is 0 Å². The molecular formula is C6H8Cl2. The van der Waals surface area contributed by atoms with Gasteiger partial charge in [-0.2, -0.15) is 0 Å². The van der Waals surface area contributed by atoms with Crippen LogP contribution in [0.4, 0.5) is 0 Å². The van der Waals surface area contributed by atoms with Crippen LogP contribution in [0.5, 0.6) is 0 Å². The Labute approximate surface area is 59.5 Å². The average Bonchev–Trinajstić information content (AvgIpc) is 1.77. The van der Waals surface area contributed by atoms with E-state index in [-0.39, 0.29) is 10.8 Å². The summed E-state index contributed by atoms with van der Waals surface area (Å²) in [5.74, 6) is 0. The molecule has 1 aliphatic carbocycles. The van der Waals surface area contributed by atoms with Gasteiger partial charge in [0.1, 0.15) is 0 Å². The molecule has 1 aliphatic rings. The molecule has 2 unspecified atom stereocenters. The number of rotatable bonds is 0. The predicted molar refractivity (Wildman–Crippen MR) is 37.7 cm³/mol. The van der Waals surface area contributed by atoms with Crippen LogP contribution in [0, 0.1) is 0 Å². The maximum atomic E-state index is 5.78. The lowest BCUT2D eigenvalue weighted by molar-refractivity contribution is 0.749. The highest BCUT2D eigenvalue weighted by molar-refractivity contribution is 6.30. The second-order valence-electron chi connectivity index (χ2n) is 1.97. The quantitative estimate of drug-likeness (QED) is 0.368. The minimum atomic E-state index is 0.154. The normalized spacial score (nSPS) is 37.8. The van der Waals surface area contributed by atoms with Gasteiger partial charge in [-0.1, -0.05) is 12.2 Å². The molecule has 0 aromatic rings. The van der Waals surface area contributed by atoms with Crippen molar-refractivity contribution < 1.29 is 0 Å². The summed E-state index contributed by atoms with van der Waals surface area (Å²) in [5, 5.41) is 0.309. The van der Waals surface area contributed by atoms with Crippen LogP contribution in [-0.4, -0.2) is 10.8 Å². The predicted octanol–water partition coefficient (Wildman–Crippen LogP) is 2.55. The van der Waals surface area contributed by atoms with Crippen molar-refractivity contribution in [2.24, 2.45) is 0 Å². The topological polar surface area (TPSA) is 0 Å². The van der Waals surface area contributed by atoms with Crippen molar-refractivity contribution in [2.45, 2.75) is 23.6 Å². The van der Waals surface area contributed by atoms with Crippen LogP contribution < -0.4 is 0 Å². The van der Waals surface area contributed by atoms with Gasteiger partial charge < -0.3 is 0 Å². The van der Waals surface area contributed by atoms with Crippen molar-refractivity contribution in [3.8, 4) is 0 Å². The average molecular weight is 151 g/mol. The standard InChI is InChI=1S/C6H8Cl2/c7-5-3-1-2-4-6(5)8/h1-2,5-6H,3-4H2. The number of hydrogen-bond donors (Lipinski definition) is 0. The van der Waals surface area contributed by atoms with Gasteiger partial charge in [0.15, 0.2) is 0 Å². The molecule has 0 aliphatic heterocycles. The van der Waals surface area contributed by atoms with Crippen LogP contribution in [0.1, 0.15) is 12.8 Å². The first kappa shape index (κ1) is 6.44. The highest BCUT2D eigenvalue weighted by atomic mass is 35.5. The number of hydrogen-bond acceptors (Lipinski definition) is 0. The summed E-state index contributed by atoms with van der Waals surface area (Å²) in [6.45, 7) is 0. The molecule has 1 rings (SSSR count). The number of halogens is 2. The lowest BCUT2D eigenvalue weighted by Gasteiger charge is -2.15. The summed E-state index contributed by atoms with van der Waals surface area (Å²) >= 11 is 11.6. The molecule has 2 atom stereocenters. The Morgan fingerprint density at radius 1 is 1.00 bits per heavy atom. The van der Waals surface area contributed by atoms with Gasteiger partial charge in [0.05, 0.1) is 10.8 Å². The maximum Gasteiger partial charge on any atom is 0.0537 e. The molecule has 0 heterocycles. The SMILES string of the molecule is ClC1CC=CCC1Cl. The molecule has 2 heteroatoms. The summed E-state index contributed by atoms with van der Waals surface area (Å²) in [6, 6.07) is 0.